The summed E-state index contributed by atoms with van der Waals surface area (Å²) in [6.07, 6.45) is 7.53. The molecule has 0 unspecified atom stereocenters. The van der Waals surface area contributed by atoms with Crippen LogP contribution in [0.15, 0.2) is 48.8 Å². The van der Waals surface area contributed by atoms with Crippen LogP contribution in [0, 0.1) is 10.2 Å². The first-order valence-corrected chi connectivity index (χ1v) is 8.29. The lowest BCUT2D eigenvalue weighted by molar-refractivity contribution is -1.92. The Hall–Kier alpha value is -2.33. The van der Waals surface area contributed by atoms with Crippen molar-refractivity contribution in [2.24, 2.45) is 5.73 Å². The minimum atomic E-state index is -4.69. The summed E-state index contributed by atoms with van der Waals surface area (Å²) in [5.41, 5.74) is 8.39. The summed E-state index contributed by atoms with van der Waals surface area (Å²) in [7, 11) is -4.69. The van der Waals surface area contributed by atoms with E-state index in [0.717, 1.165) is 16.8 Å². The highest BCUT2D eigenvalue weighted by atomic mass is 35.7. The van der Waals surface area contributed by atoms with E-state index in [1.165, 1.54) is 0 Å². The number of hydrogen-bond donors (Lipinski definition) is 3. The fraction of sp³-hybridized carbons (Fsp3) is 0.125. The van der Waals surface area contributed by atoms with Crippen LogP contribution < -0.4 is 25.0 Å². The highest BCUT2D eigenvalue weighted by Crippen LogP contribution is 2.12. The van der Waals surface area contributed by atoms with Crippen molar-refractivity contribution in [2.75, 3.05) is 5.32 Å². The van der Waals surface area contributed by atoms with Crippen LogP contribution in [0.1, 0.15) is 18.1 Å². The number of hydrogen-bond acceptors (Lipinski definition) is 7. The standard InChI is InChI=1S/C16H17N3O.ClHO4/c1-12(17)16(20)19-15-6-4-13(5-7-15)2-3-14-8-10-18-11-9-14;2-1(3,4)5/h2-12H,17H2,1H3,(H,19,20);(H,2,3,4,5)/t12-;/m0./s1. The molecule has 0 bridgehead atoms. The Morgan fingerprint density at radius 2 is 1.56 bits per heavy atom. The molecule has 2 aromatic rings. The summed E-state index contributed by atoms with van der Waals surface area (Å²) in [5.74, 6) is -0.190. The summed E-state index contributed by atoms with van der Waals surface area (Å²) >= 11 is 0. The second kappa shape index (κ2) is 9.84. The second-order valence-corrected chi connectivity index (χ2v) is 5.70. The first kappa shape index (κ1) is 20.7. The quantitative estimate of drug-likeness (QED) is 0.587. The lowest BCUT2D eigenvalue weighted by Gasteiger charge is -2.07. The fourth-order valence-electron chi connectivity index (χ4n) is 1.60. The van der Waals surface area contributed by atoms with Crippen LogP contribution in [-0.2, 0) is 4.79 Å². The third-order valence-electron chi connectivity index (χ3n) is 2.77. The van der Waals surface area contributed by atoms with Crippen LogP contribution in [0.4, 0.5) is 5.69 Å². The summed E-state index contributed by atoms with van der Waals surface area (Å²) < 4.78 is 32.7. The Balaban J connectivity index is 0.000000550. The maximum absolute atomic E-state index is 11.5. The molecule has 4 N–H and O–H groups in total. The highest BCUT2D eigenvalue weighted by Gasteiger charge is 2.06. The third-order valence-corrected chi connectivity index (χ3v) is 2.77. The molecule has 2 rings (SSSR count). The van der Waals surface area contributed by atoms with Crippen LogP contribution in [-0.4, -0.2) is 21.6 Å². The van der Waals surface area contributed by atoms with Gasteiger partial charge in [-0.2, -0.15) is 14.0 Å². The SMILES string of the molecule is C[C@H](N)C(=O)Nc1ccc(C=Cc2ccncc2)cc1.[O-][Cl+3]([O-])([O-])O. The topological polar surface area (TPSA) is 157 Å². The van der Waals surface area contributed by atoms with E-state index in [2.05, 4.69) is 10.3 Å². The van der Waals surface area contributed by atoms with Crippen molar-refractivity contribution in [1.29, 1.82) is 0 Å². The third kappa shape index (κ3) is 10.2. The molecule has 0 radical (unpaired) electrons. The monoisotopic (exact) mass is 367 g/mol. The van der Waals surface area contributed by atoms with Gasteiger partial charge in [-0.3, -0.25) is 9.78 Å². The van der Waals surface area contributed by atoms with E-state index < -0.39 is 16.3 Å². The normalized spacial score (nSPS) is 12.2. The number of rotatable bonds is 4. The molecule has 25 heavy (non-hydrogen) atoms. The van der Waals surface area contributed by atoms with Gasteiger partial charge in [-0.1, -0.05) is 24.3 Å². The Kier molecular flexibility index (Phi) is 8.16. The predicted molar refractivity (Wildman–Crippen MR) is 84.1 cm³/mol. The molecule has 1 aromatic carbocycles. The highest BCUT2D eigenvalue weighted by molar-refractivity contribution is 5.94. The Morgan fingerprint density at radius 1 is 1.12 bits per heavy atom. The van der Waals surface area contributed by atoms with Gasteiger partial charge in [0.25, 0.3) is 0 Å². The van der Waals surface area contributed by atoms with Crippen LogP contribution >= 0.6 is 0 Å². The molecule has 0 fully saturated rings. The lowest BCUT2D eigenvalue weighted by atomic mass is 10.1. The molecule has 0 saturated carbocycles. The number of nitrogens with one attached hydrogen (secondary N) is 1. The first-order valence-electron chi connectivity index (χ1n) is 7.03. The van der Waals surface area contributed by atoms with E-state index in [1.807, 2.05) is 48.6 Å². The summed E-state index contributed by atoms with van der Waals surface area (Å²) in [6.45, 7) is 1.65. The van der Waals surface area contributed by atoms with Crippen molar-refractivity contribution in [1.82, 2.24) is 4.98 Å². The molecule has 0 aliphatic heterocycles. The van der Waals surface area contributed by atoms with Crippen molar-refractivity contribution in [3.05, 3.63) is 59.9 Å². The Bertz CT molecular complexity index is 679. The molecule has 0 aliphatic carbocycles. The number of nitrogens with two attached hydrogens (primary N) is 1. The van der Waals surface area contributed by atoms with Gasteiger partial charge in [0.1, 0.15) is 0 Å². The Labute approximate surface area is 147 Å². The number of amides is 1. The zero-order valence-corrected chi connectivity index (χ0v) is 14.1. The van der Waals surface area contributed by atoms with Crippen molar-refractivity contribution >= 4 is 23.7 Å². The molecule has 0 saturated heterocycles. The molecule has 1 heterocycles. The van der Waals surface area contributed by atoms with Gasteiger partial charge in [-0.25, -0.2) is 0 Å². The van der Waals surface area contributed by atoms with Gasteiger partial charge >= 0.3 is 0 Å². The van der Waals surface area contributed by atoms with E-state index in [9.17, 15) is 4.79 Å². The van der Waals surface area contributed by atoms with Crippen molar-refractivity contribution < 1.29 is 33.7 Å². The largest absolute Gasteiger partial charge is 0.325 e. The van der Waals surface area contributed by atoms with E-state index in [1.54, 1.807) is 19.3 Å². The van der Waals surface area contributed by atoms with Gasteiger partial charge < -0.3 is 11.1 Å². The van der Waals surface area contributed by atoms with E-state index in [0.29, 0.717) is 0 Å². The minimum Gasteiger partial charge on any atom is -0.325 e. The zero-order chi connectivity index (χ0) is 18.9. The predicted octanol–water partition coefficient (Wildman–Crippen LogP) is -1.59. The smallest absolute Gasteiger partial charge is 0.240 e. The molecule has 1 amide bonds. The van der Waals surface area contributed by atoms with Gasteiger partial charge in [0.05, 0.1) is 20.9 Å². The van der Waals surface area contributed by atoms with Crippen LogP contribution in [0.3, 0.4) is 0 Å². The van der Waals surface area contributed by atoms with Gasteiger partial charge in [0.15, 0.2) is 0 Å². The Morgan fingerprint density at radius 3 is 2.00 bits per heavy atom. The number of aromatic nitrogens is 1. The minimum absolute atomic E-state index is 0.190. The number of benzene rings is 1. The fourth-order valence-corrected chi connectivity index (χ4v) is 1.60. The summed E-state index contributed by atoms with van der Waals surface area (Å²) in [5, 5.41) is 2.75. The molecule has 0 aliphatic rings. The number of nitrogens with zero attached hydrogens (tertiary/aromatic N) is 1. The van der Waals surface area contributed by atoms with Crippen LogP contribution in [0.25, 0.3) is 12.2 Å². The molecular weight excluding hydrogens is 350 g/mol. The number of carbonyl (C=O) groups is 1. The van der Waals surface area contributed by atoms with Crippen molar-refractivity contribution in [3.63, 3.8) is 0 Å². The lowest BCUT2D eigenvalue weighted by Crippen LogP contribution is -2.58. The molecule has 1 atom stereocenters. The molecular formula is C16H18ClN3O5. The molecule has 134 valence electrons. The van der Waals surface area contributed by atoms with Gasteiger partial charge in [-0.05, 0) is 42.3 Å². The average Bonchev–Trinajstić information content (AvgIpc) is 2.53. The number of pyridine rings is 1. The second-order valence-electron chi connectivity index (χ2n) is 4.91. The van der Waals surface area contributed by atoms with Gasteiger partial charge in [0.2, 0.25) is 5.91 Å². The maximum Gasteiger partial charge on any atom is 0.240 e. The molecule has 1 aromatic heterocycles. The molecule has 0 spiro atoms. The van der Waals surface area contributed by atoms with Crippen molar-refractivity contribution in [2.45, 2.75) is 13.0 Å². The van der Waals surface area contributed by atoms with E-state index in [-0.39, 0.29) is 5.91 Å². The first-order chi connectivity index (χ1) is 11.6. The van der Waals surface area contributed by atoms with Gasteiger partial charge in [0, 0.05) is 18.1 Å². The average molecular weight is 368 g/mol. The van der Waals surface area contributed by atoms with Gasteiger partial charge in [-0.15, -0.1) is 0 Å². The molecule has 9 heteroatoms. The summed E-state index contributed by atoms with van der Waals surface area (Å²) in [6, 6.07) is 10.9. The molecule has 8 nitrogen and oxygen atoms in total. The summed E-state index contributed by atoms with van der Waals surface area (Å²) in [4.78, 5) is 15.4. The number of carbonyl (C=O) groups excluding carboxylic acids is 1. The maximum atomic E-state index is 11.5. The van der Waals surface area contributed by atoms with Crippen LogP contribution in [0.2, 0.25) is 0 Å². The van der Waals surface area contributed by atoms with Crippen LogP contribution in [0.5, 0.6) is 0 Å². The zero-order valence-electron chi connectivity index (χ0n) is 13.3. The number of halogens is 1. The van der Waals surface area contributed by atoms with E-state index >= 15 is 0 Å². The van der Waals surface area contributed by atoms with Crippen molar-refractivity contribution in [3.8, 4) is 0 Å². The van der Waals surface area contributed by atoms with E-state index in [4.69, 9.17) is 24.4 Å². The number of anilines is 1.